The molecule has 0 spiro atoms. The normalized spacial score (nSPS) is 11.2. The van der Waals surface area contributed by atoms with Crippen molar-refractivity contribution in [2.75, 3.05) is 26.3 Å². The lowest BCUT2D eigenvalue weighted by atomic mass is 10.0. The molecule has 0 atom stereocenters. The fourth-order valence-electron chi connectivity index (χ4n) is 2.87. The van der Waals surface area contributed by atoms with E-state index in [0.717, 1.165) is 42.7 Å². The van der Waals surface area contributed by atoms with Crippen molar-refractivity contribution in [3.63, 3.8) is 0 Å². The number of hydrogen-bond acceptors (Lipinski definition) is 4. The Bertz CT molecular complexity index is 816. The molecule has 3 nitrogen and oxygen atoms in total. The molecule has 138 valence electrons. The maximum Gasteiger partial charge on any atom is 0.123 e. The molecule has 0 radical (unpaired) electrons. The highest BCUT2D eigenvalue weighted by atomic mass is 32.1. The zero-order valence-corrected chi connectivity index (χ0v) is 15.5. The van der Waals surface area contributed by atoms with E-state index >= 15 is 0 Å². The molecule has 0 aliphatic heterocycles. The fourth-order valence-corrected chi connectivity index (χ4v) is 3.87. The van der Waals surface area contributed by atoms with Crippen molar-refractivity contribution < 1.29 is 14.2 Å². The quantitative estimate of drug-likeness (QED) is 0.500. The molecule has 0 saturated heterocycles. The van der Waals surface area contributed by atoms with E-state index in [-0.39, 0.29) is 12.4 Å². The Balaban J connectivity index is 1.53. The van der Waals surface area contributed by atoms with Gasteiger partial charge in [-0.1, -0.05) is 12.1 Å². The Kier molecular flexibility index (Phi) is 7.00. The summed E-state index contributed by atoms with van der Waals surface area (Å²) < 4.78 is 20.2. The predicted octanol–water partition coefficient (Wildman–Crippen LogP) is 4.84. The topological polar surface area (TPSA) is 41.5 Å². The van der Waals surface area contributed by atoms with E-state index in [1.54, 1.807) is 11.3 Å². The maximum atomic E-state index is 13.1. The molecule has 0 bridgehead atoms. The number of unbranched alkanes of at least 4 members (excludes halogenated alkanes) is 2. The van der Waals surface area contributed by atoms with Crippen molar-refractivity contribution in [3.05, 3.63) is 53.7 Å². The van der Waals surface area contributed by atoms with Crippen LogP contribution in [0, 0.1) is 5.82 Å². The predicted molar refractivity (Wildman–Crippen MR) is 107 cm³/mol. The van der Waals surface area contributed by atoms with E-state index in [9.17, 15) is 4.39 Å². The molecular weight excluding hydrogens is 349 g/mol. The summed E-state index contributed by atoms with van der Waals surface area (Å²) in [6.07, 6.45) is 3.22. The Morgan fingerprint density at radius 3 is 2.65 bits per heavy atom. The number of nitrogens with one attached hydrogen (secondary N) is 1. The van der Waals surface area contributed by atoms with Gasteiger partial charge in [-0.05, 0) is 67.1 Å². The zero-order valence-electron chi connectivity index (χ0n) is 14.7. The molecule has 0 unspecified atom stereocenters. The molecule has 1 aromatic heterocycles. The summed E-state index contributed by atoms with van der Waals surface area (Å²) in [7, 11) is 0. The van der Waals surface area contributed by atoms with Gasteiger partial charge in [0.05, 0.1) is 13.2 Å². The van der Waals surface area contributed by atoms with Gasteiger partial charge in [-0.2, -0.15) is 0 Å². The molecule has 26 heavy (non-hydrogen) atoms. The molecule has 2 aromatic carbocycles. The molecule has 3 rings (SSSR count). The first-order chi connectivity index (χ1) is 12.8. The van der Waals surface area contributed by atoms with E-state index in [4.69, 9.17) is 9.84 Å². The summed E-state index contributed by atoms with van der Waals surface area (Å²) in [6, 6.07) is 12.8. The van der Waals surface area contributed by atoms with Gasteiger partial charge in [-0.25, -0.2) is 4.39 Å². The number of aliphatic hydroxyl groups is 1. The number of aliphatic hydroxyl groups excluding tert-OH is 1. The molecule has 0 aliphatic carbocycles. The Hall–Kier alpha value is -1.95. The fraction of sp³-hybridized carbons (Fsp3) is 0.333. The first kappa shape index (κ1) is 18.8. The summed E-state index contributed by atoms with van der Waals surface area (Å²) in [6.45, 7) is 2.50. The summed E-state index contributed by atoms with van der Waals surface area (Å²) >= 11 is 1.68. The number of benzene rings is 2. The summed E-state index contributed by atoms with van der Waals surface area (Å²) in [4.78, 5) is 0. The molecule has 2 N–H and O–H groups in total. The Morgan fingerprint density at radius 2 is 1.85 bits per heavy atom. The largest absolute Gasteiger partial charge is 0.494 e. The third kappa shape index (κ3) is 5.04. The van der Waals surface area contributed by atoms with Crippen LogP contribution in [-0.2, 0) is 0 Å². The van der Waals surface area contributed by atoms with E-state index in [1.165, 1.54) is 22.2 Å². The standard InChI is InChI=1S/C21H24FNO2S/c22-17-6-4-16(5-7-17)20-15-26-21-14-18(8-9-19(20)21)25-13-3-1-2-10-23-11-12-24/h4-9,14-15,23-24H,1-3,10-13H2. The van der Waals surface area contributed by atoms with Crippen LogP contribution in [0.5, 0.6) is 5.75 Å². The molecule has 0 fully saturated rings. The van der Waals surface area contributed by atoms with Crippen molar-refractivity contribution >= 4 is 21.4 Å². The average Bonchev–Trinajstić information content (AvgIpc) is 3.08. The van der Waals surface area contributed by atoms with E-state index in [2.05, 4.69) is 22.8 Å². The van der Waals surface area contributed by atoms with Gasteiger partial charge in [-0.3, -0.25) is 0 Å². The number of fused-ring (bicyclic) bond motifs is 1. The molecule has 0 saturated carbocycles. The minimum atomic E-state index is -0.215. The average molecular weight is 373 g/mol. The molecule has 3 aromatic rings. The minimum absolute atomic E-state index is 0.192. The number of hydrogen-bond donors (Lipinski definition) is 2. The number of halogens is 1. The molecule has 0 amide bonds. The van der Waals surface area contributed by atoms with Crippen LogP contribution < -0.4 is 10.1 Å². The SMILES string of the molecule is OCCNCCCCCOc1ccc2c(-c3ccc(F)cc3)csc2c1. The van der Waals surface area contributed by atoms with Crippen LogP contribution in [0.4, 0.5) is 4.39 Å². The van der Waals surface area contributed by atoms with Crippen molar-refractivity contribution in [1.29, 1.82) is 0 Å². The van der Waals surface area contributed by atoms with Crippen LogP contribution in [0.3, 0.4) is 0 Å². The van der Waals surface area contributed by atoms with Gasteiger partial charge in [0.15, 0.2) is 0 Å². The van der Waals surface area contributed by atoms with Gasteiger partial charge in [0.25, 0.3) is 0 Å². The van der Waals surface area contributed by atoms with Crippen molar-refractivity contribution in [1.82, 2.24) is 5.32 Å². The van der Waals surface area contributed by atoms with Crippen molar-refractivity contribution in [3.8, 4) is 16.9 Å². The van der Waals surface area contributed by atoms with Gasteiger partial charge in [0, 0.05) is 22.2 Å². The molecular formula is C21H24FNO2S. The highest BCUT2D eigenvalue weighted by Crippen LogP contribution is 2.36. The van der Waals surface area contributed by atoms with Gasteiger partial charge in [0.1, 0.15) is 11.6 Å². The molecule has 5 heteroatoms. The van der Waals surface area contributed by atoms with Crippen molar-refractivity contribution in [2.45, 2.75) is 19.3 Å². The van der Waals surface area contributed by atoms with Gasteiger partial charge < -0.3 is 15.2 Å². The lowest BCUT2D eigenvalue weighted by Crippen LogP contribution is -2.19. The van der Waals surface area contributed by atoms with Crippen LogP contribution in [0.15, 0.2) is 47.8 Å². The monoisotopic (exact) mass is 373 g/mol. The number of rotatable bonds is 10. The number of thiophene rings is 1. The van der Waals surface area contributed by atoms with E-state index < -0.39 is 0 Å². The first-order valence-corrected chi connectivity index (χ1v) is 9.87. The van der Waals surface area contributed by atoms with Crippen LogP contribution in [0.1, 0.15) is 19.3 Å². The lowest BCUT2D eigenvalue weighted by molar-refractivity contribution is 0.289. The smallest absolute Gasteiger partial charge is 0.123 e. The van der Waals surface area contributed by atoms with Crippen LogP contribution in [0.2, 0.25) is 0 Å². The maximum absolute atomic E-state index is 13.1. The minimum Gasteiger partial charge on any atom is -0.494 e. The highest BCUT2D eigenvalue weighted by Gasteiger charge is 2.08. The van der Waals surface area contributed by atoms with Gasteiger partial charge in [-0.15, -0.1) is 11.3 Å². The second kappa shape index (κ2) is 9.67. The summed E-state index contributed by atoms with van der Waals surface area (Å²) in [5.74, 6) is 0.677. The van der Waals surface area contributed by atoms with Crippen LogP contribution >= 0.6 is 11.3 Å². The first-order valence-electron chi connectivity index (χ1n) is 8.99. The molecule has 0 aliphatic rings. The summed E-state index contributed by atoms with van der Waals surface area (Å²) in [5.41, 5.74) is 2.16. The third-order valence-electron chi connectivity index (χ3n) is 4.26. The van der Waals surface area contributed by atoms with E-state index in [1.807, 2.05) is 18.2 Å². The van der Waals surface area contributed by atoms with Gasteiger partial charge >= 0.3 is 0 Å². The van der Waals surface area contributed by atoms with Gasteiger partial charge in [0.2, 0.25) is 0 Å². The second-order valence-corrected chi connectivity index (χ2v) is 7.11. The molecule has 1 heterocycles. The lowest BCUT2D eigenvalue weighted by Gasteiger charge is -2.07. The third-order valence-corrected chi connectivity index (χ3v) is 5.20. The number of ether oxygens (including phenoxy) is 1. The van der Waals surface area contributed by atoms with Crippen LogP contribution in [-0.4, -0.2) is 31.4 Å². The highest BCUT2D eigenvalue weighted by molar-refractivity contribution is 7.17. The Morgan fingerprint density at radius 1 is 1.00 bits per heavy atom. The second-order valence-electron chi connectivity index (χ2n) is 6.20. The zero-order chi connectivity index (χ0) is 18.2. The van der Waals surface area contributed by atoms with E-state index in [0.29, 0.717) is 13.2 Å². The van der Waals surface area contributed by atoms with Crippen molar-refractivity contribution in [2.24, 2.45) is 0 Å². The summed E-state index contributed by atoms with van der Waals surface area (Å²) in [5, 5.41) is 15.1. The Labute approximate surface area is 157 Å². The van der Waals surface area contributed by atoms with Crippen LogP contribution in [0.25, 0.3) is 21.2 Å².